The van der Waals surface area contributed by atoms with Crippen LogP contribution in [0.4, 0.5) is 11.4 Å². The zero-order valence-corrected chi connectivity index (χ0v) is 19.8. The Morgan fingerprint density at radius 2 is 1.36 bits per heavy atom. The SMILES string of the molecule is ClP1(Cl)=NP2(=Nc3ccccc3OCCOc3ccccc3N2)N=P(Cl)(Cl)N1. The van der Waals surface area contributed by atoms with Gasteiger partial charge in [-0.2, -0.15) is 13.9 Å². The quantitative estimate of drug-likeness (QED) is 0.342. The lowest BCUT2D eigenvalue weighted by atomic mass is 10.3. The molecule has 7 nitrogen and oxygen atoms in total. The number of benzene rings is 2. The Morgan fingerprint density at radius 3 is 2.07 bits per heavy atom. The van der Waals surface area contributed by atoms with Crippen molar-refractivity contribution >= 4 is 75.7 Å². The molecule has 28 heavy (non-hydrogen) atoms. The molecular weight excluding hydrogens is 505 g/mol. The maximum atomic E-state index is 6.40. The molecule has 0 aromatic heterocycles. The molecule has 0 unspecified atom stereocenters. The van der Waals surface area contributed by atoms with Crippen LogP contribution in [-0.2, 0) is 0 Å². The number of hydrogen-bond acceptors (Lipinski definition) is 7. The van der Waals surface area contributed by atoms with Gasteiger partial charge in [-0.25, -0.2) is 4.74 Å². The molecule has 2 N–H and O–H groups in total. The van der Waals surface area contributed by atoms with Gasteiger partial charge in [0.15, 0.2) is 0 Å². The molecule has 0 atom stereocenters. The average molecular weight is 519 g/mol. The second-order valence-corrected chi connectivity index (χ2v) is 18.3. The molecule has 0 saturated heterocycles. The van der Waals surface area contributed by atoms with Crippen LogP contribution < -0.4 is 19.4 Å². The normalized spacial score (nSPS) is 21.6. The van der Waals surface area contributed by atoms with Crippen molar-refractivity contribution in [3.8, 4) is 11.5 Å². The summed E-state index contributed by atoms with van der Waals surface area (Å²) < 4.78 is 25.6. The van der Waals surface area contributed by atoms with Crippen molar-refractivity contribution in [2.24, 2.45) is 13.8 Å². The number of ether oxygens (including phenoxy) is 2. The number of nitrogens with zero attached hydrogens (tertiary/aromatic N) is 3. The van der Waals surface area contributed by atoms with Crippen molar-refractivity contribution in [3.63, 3.8) is 0 Å². The monoisotopic (exact) mass is 517 g/mol. The van der Waals surface area contributed by atoms with E-state index in [-0.39, 0.29) is 0 Å². The molecule has 0 saturated carbocycles. The third-order valence-electron chi connectivity index (χ3n) is 3.58. The van der Waals surface area contributed by atoms with E-state index in [9.17, 15) is 0 Å². The van der Waals surface area contributed by atoms with Gasteiger partial charge in [-0.3, -0.25) is 0 Å². The average Bonchev–Trinajstić information content (AvgIpc) is 2.60. The highest BCUT2D eigenvalue weighted by Gasteiger charge is 2.36. The van der Waals surface area contributed by atoms with Crippen LogP contribution in [0.25, 0.3) is 0 Å². The van der Waals surface area contributed by atoms with Crippen LogP contribution >= 0.6 is 64.3 Å². The van der Waals surface area contributed by atoms with Crippen molar-refractivity contribution < 1.29 is 9.47 Å². The number of anilines is 1. The fourth-order valence-electron chi connectivity index (χ4n) is 2.59. The third-order valence-corrected chi connectivity index (χ3v) is 15.5. The summed E-state index contributed by atoms with van der Waals surface area (Å²) in [4.78, 5) is 2.74. The van der Waals surface area contributed by atoms with Gasteiger partial charge in [0.1, 0.15) is 30.4 Å². The summed E-state index contributed by atoms with van der Waals surface area (Å²) in [5.74, 6) is -4.97. The summed E-state index contributed by atoms with van der Waals surface area (Å²) in [5.41, 5.74) is 1.17. The Labute approximate surface area is 181 Å². The zero-order chi connectivity index (χ0) is 19.8. The minimum atomic E-state index is -3.16. The standard InChI is InChI=1S/C14H14Cl4N5O2P3/c15-26(16)21-27(17,18)23-28(22-26)19-11-5-1-3-7-13(11)24-9-10-25-14-8-4-2-6-12(14)20-28/h1-8,19,21H,9-10H2. The predicted octanol–water partition coefficient (Wildman–Crippen LogP) is 8.60. The van der Waals surface area contributed by atoms with Crippen LogP contribution in [0.15, 0.2) is 62.3 Å². The van der Waals surface area contributed by atoms with Crippen LogP contribution in [0.5, 0.6) is 11.5 Å². The van der Waals surface area contributed by atoms with Gasteiger partial charge in [0, 0.05) is 0 Å². The second kappa shape index (κ2) is 8.06. The molecule has 2 heterocycles. The van der Waals surface area contributed by atoms with Gasteiger partial charge in [-0.1, -0.05) is 24.3 Å². The first-order valence-electron chi connectivity index (χ1n) is 7.96. The van der Waals surface area contributed by atoms with E-state index in [2.05, 4.69) is 19.0 Å². The summed E-state index contributed by atoms with van der Waals surface area (Å²) in [5, 5.41) is 3.27. The number of halogens is 4. The lowest BCUT2D eigenvalue weighted by molar-refractivity contribution is 0.218. The largest absolute Gasteiger partial charge is 0.488 e. The van der Waals surface area contributed by atoms with Crippen LogP contribution in [0.2, 0.25) is 0 Å². The van der Waals surface area contributed by atoms with E-state index in [0.717, 1.165) is 0 Å². The van der Waals surface area contributed by atoms with Gasteiger partial charge in [0.25, 0.3) is 7.51 Å². The number of rotatable bonds is 0. The summed E-state index contributed by atoms with van der Waals surface area (Å²) in [6.07, 6.45) is 0. The molecule has 4 rings (SSSR count). The minimum Gasteiger partial charge on any atom is -0.488 e. The number of hydrogen-bond donors (Lipinski definition) is 2. The molecule has 0 amide bonds. The second-order valence-electron chi connectivity index (χ2n) is 5.69. The third kappa shape index (κ3) is 4.86. The van der Waals surface area contributed by atoms with E-state index in [0.29, 0.717) is 36.1 Å². The Kier molecular flexibility index (Phi) is 6.02. The minimum absolute atomic E-state index is 0.339. The Bertz CT molecular complexity index is 1050. The highest BCUT2D eigenvalue weighted by atomic mass is 35.9. The van der Waals surface area contributed by atoms with Crippen molar-refractivity contribution in [1.82, 2.24) is 4.86 Å². The van der Waals surface area contributed by atoms with Crippen molar-refractivity contribution in [1.29, 1.82) is 0 Å². The summed E-state index contributed by atoms with van der Waals surface area (Å²) in [7, 11) is -3.16. The van der Waals surface area contributed by atoms with Gasteiger partial charge in [-0.05, 0) is 69.2 Å². The van der Waals surface area contributed by atoms with E-state index in [1.54, 1.807) is 12.1 Å². The van der Waals surface area contributed by atoms with Crippen LogP contribution in [0, 0.1) is 0 Å². The highest BCUT2D eigenvalue weighted by Crippen LogP contribution is 2.82. The number of nitrogens with one attached hydrogen (secondary N) is 2. The molecule has 0 aliphatic carbocycles. The van der Waals surface area contributed by atoms with Gasteiger partial charge in [0.2, 0.25) is 11.8 Å². The Balaban J connectivity index is 2.01. The topological polar surface area (TPSA) is 79.6 Å². The molecule has 14 heteroatoms. The van der Waals surface area contributed by atoms with Gasteiger partial charge in [-0.15, -0.1) is 0 Å². The summed E-state index contributed by atoms with van der Waals surface area (Å²) >= 11 is 25.6. The fraction of sp³-hybridized carbons (Fsp3) is 0.143. The number of fused-ring (bicyclic) bond motifs is 2. The fourth-order valence-corrected chi connectivity index (χ4v) is 18.2. The first-order chi connectivity index (χ1) is 13.3. The van der Waals surface area contributed by atoms with E-state index in [1.165, 1.54) is 0 Å². The van der Waals surface area contributed by atoms with Crippen molar-refractivity contribution in [3.05, 3.63) is 48.5 Å². The van der Waals surface area contributed by atoms with Crippen molar-refractivity contribution in [2.45, 2.75) is 0 Å². The molecule has 2 aromatic rings. The number of para-hydroxylation sites is 3. The molecule has 0 radical (unpaired) electrons. The van der Waals surface area contributed by atoms with Crippen LogP contribution in [-0.4, -0.2) is 13.2 Å². The maximum absolute atomic E-state index is 6.40. The van der Waals surface area contributed by atoms with Gasteiger partial charge in [0.05, 0.1) is 5.69 Å². The van der Waals surface area contributed by atoms with Gasteiger partial charge < -0.3 is 14.6 Å². The molecule has 2 aliphatic heterocycles. The van der Waals surface area contributed by atoms with E-state index < -0.39 is 19.3 Å². The Hall–Kier alpha value is -0.350. The summed E-state index contributed by atoms with van der Waals surface area (Å²) in [6.45, 7) is 0.685. The molecule has 1 spiro atoms. The first-order valence-corrected chi connectivity index (χ1v) is 16.7. The predicted molar refractivity (Wildman–Crippen MR) is 122 cm³/mol. The van der Waals surface area contributed by atoms with E-state index in [1.807, 2.05) is 36.4 Å². The maximum Gasteiger partial charge on any atom is 0.287 e. The zero-order valence-electron chi connectivity index (χ0n) is 14.0. The molecular formula is C14H14Cl4N5O2P3. The van der Waals surface area contributed by atoms with Crippen LogP contribution in [0.1, 0.15) is 0 Å². The molecule has 2 aromatic carbocycles. The van der Waals surface area contributed by atoms with Gasteiger partial charge >= 0.3 is 0 Å². The first kappa shape index (κ1) is 20.9. The van der Waals surface area contributed by atoms with E-state index in [4.69, 9.17) is 59.2 Å². The molecule has 150 valence electrons. The summed E-state index contributed by atoms with van der Waals surface area (Å²) in [6, 6.07) is 14.6. The van der Waals surface area contributed by atoms with Crippen molar-refractivity contribution in [2.75, 3.05) is 18.3 Å². The molecule has 2 aliphatic rings. The molecule has 0 fully saturated rings. The van der Waals surface area contributed by atoms with E-state index >= 15 is 0 Å². The Morgan fingerprint density at radius 1 is 0.786 bits per heavy atom. The lowest BCUT2D eigenvalue weighted by Crippen LogP contribution is -2.09. The van der Waals surface area contributed by atoms with Crippen LogP contribution in [0.3, 0.4) is 0 Å². The molecule has 0 bridgehead atoms. The lowest BCUT2D eigenvalue weighted by Gasteiger charge is -2.29. The highest BCUT2D eigenvalue weighted by molar-refractivity contribution is 8.23. The smallest absolute Gasteiger partial charge is 0.287 e.